The number of hydrogen-bond acceptors (Lipinski definition) is 5. The highest BCUT2D eigenvalue weighted by molar-refractivity contribution is 5.75. The Morgan fingerprint density at radius 2 is 2.11 bits per heavy atom. The van der Waals surface area contributed by atoms with Crippen LogP contribution in [0.4, 0.5) is 11.4 Å². The molecule has 0 saturated carbocycles. The van der Waals surface area contributed by atoms with Gasteiger partial charge in [0.25, 0.3) is 0 Å². The van der Waals surface area contributed by atoms with E-state index in [1.165, 1.54) is 0 Å². The molecule has 1 aromatic carbocycles. The summed E-state index contributed by atoms with van der Waals surface area (Å²) in [6, 6.07) is 5.29. The molecule has 3 N–H and O–H groups in total. The number of anilines is 2. The van der Waals surface area contributed by atoms with Gasteiger partial charge in [-0.05, 0) is 26.8 Å². The van der Waals surface area contributed by atoms with E-state index in [2.05, 4.69) is 5.32 Å². The molecule has 0 bridgehead atoms. The normalized spacial score (nSPS) is 10.2. The summed E-state index contributed by atoms with van der Waals surface area (Å²) in [5.74, 6) is 0.377. The minimum absolute atomic E-state index is 0.0738. The highest BCUT2D eigenvalue weighted by Crippen LogP contribution is 2.23. The Labute approximate surface area is 107 Å². The fourth-order valence-corrected chi connectivity index (χ4v) is 1.45. The molecule has 0 atom stereocenters. The lowest BCUT2D eigenvalue weighted by Gasteiger charge is -2.13. The lowest BCUT2D eigenvalue weighted by molar-refractivity contribution is -0.140. The summed E-state index contributed by atoms with van der Waals surface area (Å²) >= 11 is 0. The Bertz CT molecular complexity index is 405. The van der Waals surface area contributed by atoms with Crippen molar-refractivity contribution in [3.05, 3.63) is 18.2 Å². The number of nitrogens with one attached hydrogen (secondary N) is 1. The minimum atomic E-state index is -0.300. The quantitative estimate of drug-likeness (QED) is 0.598. The van der Waals surface area contributed by atoms with Crippen LogP contribution in [-0.4, -0.2) is 25.2 Å². The van der Waals surface area contributed by atoms with E-state index in [4.69, 9.17) is 15.2 Å². The Kier molecular flexibility index (Phi) is 5.30. The molecule has 5 heteroatoms. The maximum absolute atomic E-state index is 11.2. The van der Waals surface area contributed by atoms with Crippen molar-refractivity contribution in [3.63, 3.8) is 0 Å². The van der Waals surface area contributed by atoms with Gasteiger partial charge in [-0.15, -0.1) is 0 Å². The third-order valence-electron chi connectivity index (χ3n) is 2.04. The third kappa shape index (κ3) is 4.95. The number of carbonyl (C=O) groups excluding carboxylic acids is 1. The van der Waals surface area contributed by atoms with Crippen LogP contribution in [0.5, 0.6) is 5.75 Å². The van der Waals surface area contributed by atoms with Crippen molar-refractivity contribution in [2.24, 2.45) is 0 Å². The van der Waals surface area contributed by atoms with Crippen molar-refractivity contribution in [2.45, 2.75) is 26.9 Å². The predicted octanol–water partition coefficient (Wildman–Crippen LogP) is 2.03. The highest BCUT2D eigenvalue weighted by Gasteiger charge is 2.05. The fourth-order valence-electron chi connectivity index (χ4n) is 1.45. The van der Waals surface area contributed by atoms with Crippen LogP contribution in [0.25, 0.3) is 0 Å². The van der Waals surface area contributed by atoms with Gasteiger partial charge in [0.2, 0.25) is 0 Å². The first kappa shape index (κ1) is 14.2. The summed E-state index contributed by atoms with van der Waals surface area (Å²) in [6.07, 6.45) is 0.0738. The van der Waals surface area contributed by atoms with E-state index in [9.17, 15) is 4.79 Å². The van der Waals surface area contributed by atoms with Crippen LogP contribution in [0.3, 0.4) is 0 Å². The Balaban J connectivity index is 2.65. The molecule has 100 valence electrons. The number of ether oxygens (including phenoxy) is 2. The molecule has 5 nitrogen and oxygen atoms in total. The monoisotopic (exact) mass is 252 g/mol. The molecule has 0 aromatic heterocycles. The zero-order valence-electron chi connectivity index (χ0n) is 11.0. The first-order chi connectivity index (χ1) is 8.51. The maximum atomic E-state index is 11.2. The minimum Gasteiger partial charge on any atom is -0.491 e. The summed E-state index contributed by atoms with van der Waals surface area (Å²) in [6.45, 7) is 6.13. The number of rotatable bonds is 6. The van der Waals surface area contributed by atoms with Gasteiger partial charge >= 0.3 is 5.97 Å². The van der Waals surface area contributed by atoms with Crippen LogP contribution in [0.2, 0.25) is 0 Å². The van der Waals surface area contributed by atoms with Gasteiger partial charge in [0.05, 0.1) is 12.7 Å². The molecular formula is C13H20N2O3. The second-order valence-corrected chi connectivity index (χ2v) is 4.12. The topological polar surface area (TPSA) is 73.6 Å². The Hall–Kier alpha value is -1.91. The van der Waals surface area contributed by atoms with Gasteiger partial charge in [0, 0.05) is 23.5 Å². The van der Waals surface area contributed by atoms with Gasteiger partial charge in [-0.1, -0.05) is 0 Å². The van der Waals surface area contributed by atoms with Crippen LogP contribution < -0.4 is 15.8 Å². The van der Waals surface area contributed by atoms with Crippen molar-refractivity contribution in [3.8, 4) is 5.75 Å². The number of carbonyl (C=O) groups is 1. The van der Waals surface area contributed by atoms with Gasteiger partial charge in [0.15, 0.2) is 0 Å². The molecular weight excluding hydrogens is 232 g/mol. The smallest absolute Gasteiger partial charge is 0.325 e. The van der Waals surface area contributed by atoms with Crippen LogP contribution in [-0.2, 0) is 9.53 Å². The van der Waals surface area contributed by atoms with Gasteiger partial charge in [0.1, 0.15) is 12.3 Å². The van der Waals surface area contributed by atoms with Gasteiger partial charge in [-0.25, -0.2) is 0 Å². The molecule has 0 saturated heterocycles. The van der Waals surface area contributed by atoms with Crippen molar-refractivity contribution in [2.75, 3.05) is 24.2 Å². The van der Waals surface area contributed by atoms with Crippen LogP contribution in [0.15, 0.2) is 18.2 Å². The van der Waals surface area contributed by atoms with Gasteiger partial charge in [-0.2, -0.15) is 0 Å². The molecule has 18 heavy (non-hydrogen) atoms. The molecule has 0 unspecified atom stereocenters. The number of hydrogen-bond donors (Lipinski definition) is 2. The van der Waals surface area contributed by atoms with E-state index < -0.39 is 0 Å². The van der Waals surface area contributed by atoms with E-state index in [-0.39, 0.29) is 18.6 Å². The molecule has 0 amide bonds. The van der Waals surface area contributed by atoms with E-state index in [0.717, 1.165) is 5.69 Å². The van der Waals surface area contributed by atoms with Crippen LogP contribution in [0.1, 0.15) is 20.8 Å². The Morgan fingerprint density at radius 3 is 2.72 bits per heavy atom. The van der Waals surface area contributed by atoms with Crippen LogP contribution in [0, 0.1) is 0 Å². The average Bonchev–Trinajstić information content (AvgIpc) is 2.25. The SMILES string of the molecule is CCOC(=O)CNc1cc(N)cc(OC(C)C)c1. The molecule has 0 spiro atoms. The van der Waals surface area contributed by atoms with Crippen molar-refractivity contribution >= 4 is 17.3 Å². The summed E-state index contributed by atoms with van der Waals surface area (Å²) < 4.78 is 10.4. The molecule has 0 aliphatic rings. The number of nitrogens with two attached hydrogens (primary N) is 1. The second-order valence-electron chi connectivity index (χ2n) is 4.12. The zero-order valence-corrected chi connectivity index (χ0v) is 11.0. The molecule has 1 rings (SSSR count). The number of nitrogen functional groups attached to an aromatic ring is 1. The molecule has 0 aliphatic heterocycles. The summed E-state index contributed by atoms with van der Waals surface area (Å²) in [5.41, 5.74) is 7.08. The maximum Gasteiger partial charge on any atom is 0.325 e. The lowest BCUT2D eigenvalue weighted by atomic mass is 10.2. The molecule has 0 aliphatic carbocycles. The molecule has 1 aromatic rings. The van der Waals surface area contributed by atoms with E-state index >= 15 is 0 Å². The summed E-state index contributed by atoms with van der Waals surface area (Å²) in [5, 5.41) is 2.95. The standard InChI is InChI=1S/C13H20N2O3/c1-4-17-13(16)8-15-11-5-10(14)6-12(7-11)18-9(2)3/h5-7,9,15H,4,8,14H2,1-3H3. The van der Waals surface area contributed by atoms with Crippen molar-refractivity contribution in [1.29, 1.82) is 0 Å². The number of esters is 1. The van der Waals surface area contributed by atoms with Crippen molar-refractivity contribution < 1.29 is 14.3 Å². The lowest BCUT2D eigenvalue weighted by Crippen LogP contribution is -2.17. The summed E-state index contributed by atoms with van der Waals surface area (Å²) in [7, 11) is 0. The zero-order chi connectivity index (χ0) is 13.5. The van der Waals surface area contributed by atoms with Crippen molar-refractivity contribution in [1.82, 2.24) is 0 Å². The van der Waals surface area contributed by atoms with E-state index in [1.807, 2.05) is 13.8 Å². The van der Waals surface area contributed by atoms with E-state index in [0.29, 0.717) is 18.0 Å². The molecule has 0 fully saturated rings. The fraction of sp³-hybridized carbons (Fsp3) is 0.462. The van der Waals surface area contributed by atoms with Gasteiger partial charge < -0.3 is 20.5 Å². The largest absolute Gasteiger partial charge is 0.491 e. The average molecular weight is 252 g/mol. The van der Waals surface area contributed by atoms with Gasteiger partial charge in [-0.3, -0.25) is 4.79 Å². The number of benzene rings is 1. The third-order valence-corrected chi connectivity index (χ3v) is 2.04. The Morgan fingerprint density at radius 1 is 1.39 bits per heavy atom. The second kappa shape index (κ2) is 6.74. The molecule has 0 radical (unpaired) electrons. The summed E-state index contributed by atoms with van der Waals surface area (Å²) in [4.78, 5) is 11.2. The van der Waals surface area contributed by atoms with Crippen LogP contribution >= 0.6 is 0 Å². The first-order valence-electron chi connectivity index (χ1n) is 5.98. The first-order valence-corrected chi connectivity index (χ1v) is 5.98. The predicted molar refractivity (Wildman–Crippen MR) is 71.7 cm³/mol. The molecule has 0 heterocycles. The highest BCUT2D eigenvalue weighted by atomic mass is 16.5. The van der Waals surface area contributed by atoms with E-state index in [1.54, 1.807) is 25.1 Å².